The fraction of sp³-hybridized carbons (Fsp3) is 0. The third kappa shape index (κ3) is 5.56. The Kier molecular flexibility index (Phi) is 7.47. The van der Waals surface area contributed by atoms with Crippen LogP contribution in [-0.2, 0) is 0 Å². The normalized spacial score (nSPS) is 11.4. The Hall–Kier alpha value is -7.10. The Morgan fingerprint density at radius 3 is 1.47 bits per heavy atom. The maximum absolute atomic E-state index is 6.23. The van der Waals surface area contributed by atoms with E-state index in [2.05, 4.69) is 204 Å². The number of benzene rings is 9. The van der Waals surface area contributed by atoms with Gasteiger partial charge in [-0.25, -0.2) is 0 Å². The maximum atomic E-state index is 6.23. The minimum Gasteiger partial charge on any atom is -0.456 e. The Bertz CT molecular complexity index is 2840. The van der Waals surface area contributed by atoms with E-state index in [1.54, 1.807) is 0 Å². The molecule has 10 rings (SSSR count). The zero-order valence-electron chi connectivity index (χ0n) is 28.9. The summed E-state index contributed by atoms with van der Waals surface area (Å²) in [6, 6.07) is 73.5. The number of rotatable bonds is 7. The standard InChI is InChI=1S/C50H34N2O/c1-4-13-35(14-5-1)36-25-27-41(28-26-36)52(43-20-12-19-42(33-43)51(39-15-6-2-7-16-39)40-17-8-3-9-18-40)44-29-30-45-37(31-44)23-24-38-32-50-48(34-47(38)45)46-21-10-11-22-49(46)53-50/h1-34H. The maximum Gasteiger partial charge on any atom is 0.136 e. The summed E-state index contributed by atoms with van der Waals surface area (Å²) >= 11 is 0. The summed E-state index contributed by atoms with van der Waals surface area (Å²) in [5, 5.41) is 7.06. The van der Waals surface area contributed by atoms with Gasteiger partial charge in [0.2, 0.25) is 0 Å². The molecule has 0 N–H and O–H groups in total. The molecule has 0 saturated carbocycles. The van der Waals surface area contributed by atoms with Crippen molar-refractivity contribution in [2.24, 2.45) is 0 Å². The first-order valence-corrected chi connectivity index (χ1v) is 18.0. The number of anilines is 6. The minimum absolute atomic E-state index is 0.915. The van der Waals surface area contributed by atoms with Crippen molar-refractivity contribution in [3.63, 3.8) is 0 Å². The van der Waals surface area contributed by atoms with Crippen LogP contribution < -0.4 is 9.80 Å². The summed E-state index contributed by atoms with van der Waals surface area (Å²) in [7, 11) is 0. The quantitative estimate of drug-likeness (QED) is 0.156. The zero-order valence-corrected chi connectivity index (χ0v) is 28.9. The predicted octanol–water partition coefficient (Wildman–Crippen LogP) is 14.5. The molecular formula is C50H34N2O. The monoisotopic (exact) mass is 678 g/mol. The molecule has 250 valence electrons. The van der Waals surface area contributed by atoms with Crippen LogP contribution in [0.2, 0.25) is 0 Å². The number of fused-ring (bicyclic) bond motifs is 6. The first-order chi connectivity index (χ1) is 26.3. The fourth-order valence-corrected chi connectivity index (χ4v) is 7.66. The number of hydrogen-bond acceptors (Lipinski definition) is 3. The molecule has 0 atom stereocenters. The van der Waals surface area contributed by atoms with Gasteiger partial charge in [0.1, 0.15) is 11.2 Å². The molecule has 3 heteroatoms. The van der Waals surface area contributed by atoms with Crippen molar-refractivity contribution in [3.8, 4) is 11.1 Å². The van der Waals surface area contributed by atoms with Crippen LogP contribution in [0.5, 0.6) is 0 Å². The molecule has 0 bridgehead atoms. The van der Waals surface area contributed by atoms with E-state index in [-0.39, 0.29) is 0 Å². The van der Waals surface area contributed by atoms with Crippen LogP contribution in [0.25, 0.3) is 54.6 Å². The Morgan fingerprint density at radius 1 is 0.264 bits per heavy atom. The molecule has 0 radical (unpaired) electrons. The van der Waals surface area contributed by atoms with Crippen LogP contribution in [0.1, 0.15) is 0 Å². The molecule has 1 aromatic heterocycles. The average Bonchev–Trinajstić information content (AvgIpc) is 3.59. The fourth-order valence-electron chi connectivity index (χ4n) is 7.66. The van der Waals surface area contributed by atoms with Crippen molar-refractivity contribution < 1.29 is 4.42 Å². The van der Waals surface area contributed by atoms with Crippen LogP contribution >= 0.6 is 0 Å². The summed E-state index contributed by atoms with van der Waals surface area (Å²) in [5.41, 5.74) is 10.7. The van der Waals surface area contributed by atoms with Gasteiger partial charge < -0.3 is 14.2 Å². The van der Waals surface area contributed by atoms with Gasteiger partial charge in [-0.05, 0) is 118 Å². The molecule has 0 aliphatic rings. The lowest BCUT2D eigenvalue weighted by molar-refractivity contribution is 0.669. The van der Waals surface area contributed by atoms with Gasteiger partial charge in [0.15, 0.2) is 0 Å². The topological polar surface area (TPSA) is 19.6 Å². The summed E-state index contributed by atoms with van der Waals surface area (Å²) < 4.78 is 6.23. The summed E-state index contributed by atoms with van der Waals surface area (Å²) in [4.78, 5) is 4.68. The van der Waals surface area contributed by atoms with Gasteiger partial charge in [0.25, 0.3) is 0 Å². The molecular weight excluding hydrogens is 645 g/mol. The van der Waals surface area contributed by atoms with Crippen LogP contribution in [0.4, 0.5) is 34.1 Å². The highest BCUT2D eigenvalue weighted by molar-refractivity contribution is 6.16. The zero-order chi connectivity index (χ0) is 35.1. The van der Waals surface area contributed by atoms with E-state index in [4.69, 9.17) is 4.42 Å². The second-order valence-corrected chi connectivity index (χ2v) is 13.4. The van der Waals surface area contributed by atoms with E-state index in [9.17, 15) is 0 Å². The van der Waals surface area contributed by atoms with E-state index in [1.165, 1.54) is 32.7 Å². The lowest BCUT2D eigenvalue weighted by Crippen LogP contribution is -2.13. The molecule has 9 aromatic carbocycles. The van der Waals surface area contributed by atoms with Crippen molar-refractivity contribution in [2.75, 3.05) is 9.80 Å². The van der Waals surface area contributed by atoms with Gasteiger partial charge in [-0.3, -0.25) is 0 Å². The molecule has 0 aliphatic carbocycles. The molecule has 0 unspecified atom stereocenters. The van der Waals surface area contributed by atoms with Gasteiger partial charge in [0, 0.05) is 44.9 Å². The van der Waals surface area contributed by atoms with Crippen LogP contribution in [0.15, 0.2) is 211 Å². The minimum atomic E-state index is 0.915. The number of hydrogen-bond donors (Lipinski definition) is 0. The van der Waals surface area contributed by atoms with Gasteiger partial charge in [-0.2, -0.15) is 0 Å². The second kappa shape index (κ2) is 12.9. The highest BCUT2D eigenvalue weighted by atomic mass is 16.3. The number of furan rings is 1. The third-order valence-electron chi connectivity index (χ3n) is 10.2. The molecule has 0 saturated heterocycles. The number of nitrogens with zero attached hydrogens (tertiary/aromatic N) is 2. The summed E-state index contributed by atoms with van der Waals surface area (Å²) in [6.45, 7) is 0. The summed E-state index contributed by atoms with van der Waals surface area (Å²) in [5.74, 6) is 0. The van der Waals surface area contributed by atoms with E-state index in [0.29, 0.717) is 0 Å². The smallest absolute Gasteiger partial charge is 0.136 e. The second-order valence-electron chi connectivity index (χ2n) is 13.4. The van der Waals surface area contributed by atoms with E-state index in [1.807, 2.05) is 12.1 Å². The van der Waals surface area contributed by atoms with Gasteiger partial charge in [-0.15, -0.1) is 0 Å². The van der Waals surface area contributed by atoms with Crippen LogP contribution in [-0.4, -0.2) is 0 Å². The summed E-state index contributed by atoms with van der Waals surface area (Å²) in [6.07, 6.45) is 0. The van der Waals surface area contributed by atoms with Gasteiger partial charge >= 0.3 is 0 Å². The first kappa shape index (κ1) is 30.7. The Balaban J connectivity index is 1.13. The molecule has 53 heavy (non-hydrogen) atoms. The lowest BCUT2D eigenvalue weighted by Gasteiger charge is -2.29. The predicted molar refractivity (Wildman–Crippen MR) is 224 cm³/mol. The molecule has 0 aliphatic heterocycles. The van der Waals surface area contributed by atoms with Crippen molar-refractivity contribution in [3.05, 3.63) is 206 Å². The Labute approximate surface area is 308 Å². The van der Waals surface area contributed by atoms with E-state index >= 15 is 0 Å². The van der Waals surface area contributed by atoms with Crippen LogP contribution in [0, 0.1) is 0 Å². The molecule has 10 aromatic rings. The van der Waals surface area contributed by atoms with Gasteiger partial charge in [0.05, 0.1) is 0 Å². The third-order valence-corrected chi connectivity index (χ3v) is 10.2. The molecule has 0 spiro atoms. The van der Waals surface area contributed by atoms with Crippen molar-refractivity contribution >= 4 is 77.6 Å². The van der Waals surface area contributed by atoms with Crippen LogP contribution in [0.3, 0.4) is 0 Å². The molecule has 1 heterocycles. The first-order valence-electron chi connectivity index (χ1n) is 18.0. The highest BCUT2D eigenvalue weighted by Crippen LogP contribution is 2.42. The highest BCUT2D eigenvalue weighted by Gasteiger charge is 2.18. The van der Waals surface area contributed by atoms with Gasteiger partial charge in [-0.1, -0.05) is 121 Å². The van der Waals surface area contributed by atoms with Crippen molar-refractivity contribution in [1.82, 2.24) is 0 Å². The van der Waals surface area contributed by atoms with Crippen molar-refractivity contribution in [2.45, 2.75) is 0 Å². The van der Waals surface area contributed by atoms with E-state index in [0.717, 1.165) is 56.1 Å². The Morgan fingerprint density at radius 2 is 0.774 bits per heavy atom. The molecule has 0 amide bonds. The van der Waals surface area contributed by atoms with E-state index < -0.39 is 0 Å². The average molecular weight is 679 g/mol. The molecule has 3 nitrogen and oxygen atoms in total. The lowest BCUT2D eigenvalue weighted by atomic mass is 9.99. The largest absolute Gasteiger partial charge is 0.456 e. The number of para-hydroxylation sites is 3. The SMILES string of the molecule is c1ccc(-c2ccc(N(c3cccc(N(c4ccccc4)c4ccccc4)c3)c3ccc4c(ccc5cc6oc7ccccc7c6cc54)c3)cc2)cc1. The van der Waals surface area contributed by atoms with Crippen molar-refractivity contribution in [1.29, 1.82) is 0 Å². The molecule has 0 fully saturated rings.